The lowest BCUT2D eigenvalue weighted by atomic mass is 10.1. The van der Waals surface area contributed by atoms with E-state index < -0.39 is 6.04 Å². The van der Waals surface area contributed by atoms with E-state index in [1.54, 1.807) is 0 Å². The van der Waals surface area contributed by atoms with Crippen molar-refractivity contribution < 1.29 is 4.79 Å². The Morgan fingerprint density at radius 3 is 2.75 bits per heavy atom. The average molecular weight is 306 g/mol. The molecule has 2 aromatic rings. The molecule has 1 heterocycles. The summed E-state index contributed by atoms with van der Waals surface area (Å²) in [6.07, 6.45) is 0.655. The van der Waals surface area contributed by atoms with E-state index in [2.05, 4.69) is 14.9 Å². The van der Waals surface area contributed by atoms with Crippen LogP contribution in [0.1, 0.15) is 33.9 Å². The minimum absolute atomic E-state index is 0.222. The first kappa shape index (κ1) is 14.5. The van der Waals surface area contributed by atoms with Gasteiger partial charge in [0.15, 0.2) is 0 Å². The second-order valence-electron chi connectivity index (χ2n) is 4.12. The third kappa shape index (κ3) is 3.17. The van der Waals surface area contributed by atoms with Crippen molar-refractivity contribution in [3.05, 3.63) is 46.5 Å². The molecular weight excluding hydrogens is 292 g/mol. The van der Waals surface area contributed by atoms with Crippen LogP contribution in [0.3, 0.4) is 0 Å². The minimum atomic E-state index is -0.495. The fraction of sp³-hybridized carbons (Fsp3) is 0.231. The normalized spacial score (nSPS) is 11.8. The summed E-state index contributed by atoms with van der Waals surface area (Å²) in [5.41, 5.74) is 7.26. The molecular formula is C13H14N4OS2. The van der Waals surface area contributed by atoms with Gasteiger partial charge in [0.05, 0.1) is 5.69 Å². The van der Waals surface area contributed by atoms with Crippen molar-refractivity contribution in [2.24, 2.45) is 5.73 Å². The quantitative estimate of drug-likeness (QED) is 0.824. The summed E-state index contributed by atoms with van der Waals surface area (Å²) in [5.74, 6) is -0.251. The fourth-order valence-electron chi connectivity index (χ4n) is 1.77. The number of aryl methyl sites for hydroxylation is 1. The van der Waals surface area contributed by atoms with E-state index in [1.807, 2.05) is 37.3 Å². The summed E-state index contributed by atoms with van der Waals surface area (Å²) in [5, 5.41) is 6.76. The zero-order chi connectivity index (χ0) is 14.5. The lowest BCUT2D eigenvalue weighted by Gasteiger charge is -2.17. The third-order valence-electron chi connectivity index (χ3n) is 2.79. The van der Waals surface area contributed by atoms with Crippen LogP contribution in [0.5, 0.6) is 0 Å². The first-order valence-corrected chi connectivity index (χ1v) is 7.28. The van der Waals surface area contributed by atoms with Crippen LogP contribution in [-0.4, -0.2) is 20.5 Å². The summed E-state index contributed by atoms with van der Waals surface area (Å²) in [4.78, 5) is 13.0. The van der Waals surface area contributed by atoms with Crippen LogP contribution in [-0.2, 0) is 6.42 Å². The van der Waals surface area contributed by atoms with E-state index >= 15 is 0 Å². The van der Waals surface area contributed by atoms with Crippen LogP contribution in [0.25, 0.3) is 0 Å². The Balaban J connectivity index is 2.21. The van der Waals surface area contributed by atoms with Crippen molar-refractivity contribution in [2.45, 2.75) is 19.4 Å². The van der Waals surface area contributed by atoms with Crippen LogP contribution >= 0.6 is 23.8 Å². The maximum absolute atomic E-state index is 12.3. The van der Waals surface area contributed by atoms with Gasteiger partial charge in [-0.2, -0.15) is 0 Å². The average Bonchev–Trinajstić information content (AvgIpc) is 2.93. The first-order chi connectivity index (χ1) is 9.63. The molecule has 104 valence electrons. The molecule has 7 heteroatoms. The molecule has 1 aromatic heterocycles. The fourth-order valence-corrected chi connectivity index (χ4v) is 2.62. The molecule has 1 amide bonds. The maximum Gasteiger partial charge on any atom is 0.265 e. The lowest BCUT2D eigenvalue weighted by Crippen LogP contribution is -2.36. The number of carbonyl (C=O) groups is 1. The third-order valence-corrected chi connectivity index (χ3v) is 3.79. The van der Waals surface area contributed by atoms with Crippen LogP contribution in [0.2, 0.25) is 0 Å². The van der Waals surface area contributed by atoms with E-state index in [4.69, 9.17) is 18.0 Å². The molecule has 2 rings (SSSR count). The number of thiocarbonyl (C=S) groups is 1. The number of nitrogens with two attached hydrogens (primary N) is 1. The van der Waals surface area contributed by atoms with Gasteiger partial charge in [-0.3, -0.25) is 4.79 Å². The van der Waals surface area contributed by atoms with Gasteiger partial charge in [-0.1, -0.05) is 54.0 Å². The Bertz CT molecular complexity index is 612. The number of hydrogen-bond acceptors (Lipinski definition) is 5. The topological polar surface area (TPSA) is 80.9 Å². The second kappa shape index (κ2) is 6.53. The van der Waals surface area contributed by atoms with Crippen molar-refractivity contribution in [1.82, 2.24) is 14.9 Å². The molecule has 5 nitrogen and oxygen atoms in total. The molecule has 0 saturated heterocycles. The second-order valence-corrected chi connectivity index (χ2v) is 5.35. The number of hydrogen-bond donors (Lipinski definition) is 2. The highest BCUT2D eigenvalue weighted by Crippen LogP contribution is 2.16. The Morgan fingerprint density at radius 1 is 1.45 bits per heavy atom. The van der Waals surface area contributed by atoms with Gasteiger partial charge in [0.25, 0.3) is 5.91 Å². The van der Waals surface area contributed by atoms with Crippen molar-refractivity contribution in [3.63, 3.8) is 0 Å². The van der Waals surface area contributed by atoms with Gasteiger partial charge in [0, 0.05) is 0 Å². The van der Waals surface area contributed by atoms with Crippen LogP contribution < -0.4 is 11.1 Å². The van der Waals surface area contributed by atoms with Gasteiger partial charge in [-0.15, -0.1) is 5.10 Å². The highest BCUT2D eigenvalue weighted by molar-refractivity contribution is 7.80. The molecule has 0 bridgehead atoms. The first-order valence-electron chi connectivity index (χ1n) is 6.09. The summed E-state index contributed by atoms with van der Waals surface area (Å²) < 4.78 is 3.81. The highest BCUT2D eigenvalue weighted by Gasteiger charge is 2.21. The number of aromatic nitrogens is 2. The molecule has 0 aliphatic heterocycles. The van der Waals surface area contributed by atoms with E-state index in [9.17, 15) is 4.79 Å². The number of benzene rings is 1. The number of nitrogens with zero attached hydrogens (tertiary/aromatic N) is 2. The highest BCUT2D eigenvalue weighted by atomic mass is 32.1. The zero-order valence-electron chi connectivity index (χ0n) is 10.9. The van der Waals surface area contributed by atoms with Crippen LogP contribution in [0.4, 0.5) is 0 Å². The molecule has 0 radical (unpaired) electrons. The Hall–Kier alpha value is -1.86. The van der Waals surface area contributed by atoms with Gasteiger partial charge in [-0.05, 0) is 23.5 Å². The summed E-state index contributed by atoms with van der Waals surface area (Å²) in [7, 11) is 0. The minimum Gasteiger partial charge on any atom is -0.391 e. The predicted molar refractivity (Wildman–Crippen MR) is 82.7 cm³/mol. The monoisotopic (exact) mass is 306 g/mol. The molecule has 1 unspecified atom stereocenters. The maximum atomic E-state index is 12.3. The van der Waals surface area contributed by atoms with E-state index in [-0.39, 0.29) is 10.9 Å². The smallest absolute Gasteiger partial charge is 0.265 e. The molecule has 0 saturated carbocycles. The van der Waals surface area contributed by atoms with Crippen molar-refractivity contribution in [3.8, 4) is 0 Å². The number of nitrogens with one attached hydrogen (secondary N) is 1. The van der Waals surface area contributed by atoms with Crippen LogP contribution in [0.15, 0.2) is 30.3 Å². The van der Waals surface area contributed by atoms with Crippen molar-refractivity contribution in [1.29, 1.82) is 0 Å². The molecule has 1 aromatic carbocycles. The Labute approximate surface area is 126 Å². The SMILES string of the molecule is CCc1nnsc1C(=O)NC(C(N)=S)c1ccccc1. The van der Waals surface area contributed by atoms with Crippen molar-refractivity contribution >= 4 is 34.6 Å². The number of amides is 1. The Kier molecular flexibility index (Phi) is 4.75. The number of carbonyl (C=O) groups excluding carboxylic acids is 1. The molecule has 0 aliphatic carbocycles. The summed E-state index contributed by atoms with van der Waals surface area (Å²) >= 11 is 6.12. The molecule has 0 spiro atoms. The molecule has 1 atom stereocenters. The van der Waals surface area contributed by atoms with Gasteiger partial charge in [0.1, 0.15) is 15.9 Å². The van der Waals surface area contributed by atoms with Gasteiger partial charge in [0.2, 0.25) is 0 Å². The summed E-state index contributed by atoms with van der Waals surface area (Å²) in [6.45, 7) is 1.93. The number of rotatable bonds is 5. The lowest BCUT2D eigenvalue weighted by molar-refractivity contribution is 0.0950. The Morgan fingerprint density at radius 2 is 2.15 bits per heavy atom. The zero-order valence-corrected chi connectivity index (χ0v) is 12.5. The van der Waals surface area contributed by atoms with Gasteiger partial charge in [-0.25, -0.2) is 0 Å². The van der Waals surface area contributed by atoms with E-state index in [1.165, 1.54) is 0 Å². The summed E-state index contributed by atoms with van der Waals surface area (Å²) in [6, 6.07) is 8.89. The predicted octanol–water partition coefficient (Wildman–Crippen LogP) is 1.86. The molecule has 0 fully saturated rings. The molecule has 20 heavy (non-hydrogen) atoms. The van der Waals surface area contributed by atoms with Gasteiger partial charge < -0.3 is 11.1 Å². The standard InChI is InChI=1S/C13H14N4OS2/c1-2-9-11(20-17-16-9)13(18)15-10(12(14)19)8-6-4-3-5-7-8/h3-7,10H,2H2,1H3,(H2,14,19)(H,15,18). The van der Waals surface area contributed by atoms with E-state index in [0.29, 0.717) is 17.0 Å². The largest absolute Gasteiger partial charge is 0.391 e. The van der Waals surface area contributed by atoms with E-state index in [0.717, 1.165) is 17.1 Å². The van der Waals surface area contributed by atoms with Crippen LogP contribution in [0, 0.1) is 0 Å². The molecule has 0 aliphatic rings. The van der Waals surface area contributed by atoms with Gasteiger partial charge >= 0.3 is 0 Å². The molecule has 3 N–H and O–H groups in total. The van der Waals surface area contributed by atoms with Crippen molar-refractivity contribution in [2.75, 3.05) is 0 Å².